The molecule has 24 nitrogen and oxygen atoms in total. The zero-order valence-electron chi connectivity index (χ0n) is 37.0. The summed E-state index contributed by atoms with van der Waals surface area (Å²) in [6.45, 7) is 10.3. The molecule has 0 saturated carbocycles. The van der Waals surface area contributed by atoms with Crippen LogP contribution >= 0.6 is 57.5 Å². The molecule has 2 aromatic carbocycles. The van der Waals surface area contributed by atoms with Crippen molar-refractivity contribution < 1.29 is 48.4 Å². The number of ether oxygens (including phenoxy) is 2. The van der Waals surface area contributed by atoms with Gasteiger partial charge in [0.2, 0.25) is 11.9 Å². The molecule has 0 saturated heterocycles. The third kappa shape index (κ3) is 12.2. The van der Waals surface area contributed by atoms with Crippen LogP contribution in [0.4, 0.5) is 56.0 Å². The minimum atomic E-state index is -4.50. The van der Waals surface area contributed by atoms with E-state index in [9.17, 15) is 38.9 Å². The molecule has 368 valence electrons. The predicted molar refractivity (Wildman–Crippen MR) is 270 cm³/mol. The van der Waals surface area contributed by atoms with Gasteiger partial charge in [-0.3, -0.25) is 13.7 Å². The van der Waals surface area contributed by atoms with Gasteiger partial charge in [0.05, 0.1) is 53.5 Å². The molecule has 0 radical (unpaired) electrons. The van der Waals surface area contributed by atoms with Crippen LogP contribution in [0.1, 0.15) is 27.7 Å². The van der Waals surface area contributed by atoms with Crippen LogP contribution in [0.15, 0.2) is 70.4 Å². The molecule has 5 heterocycles. The van der Waals surface area contributed by atoms with E-state index >= 15 is 0 Å². The van der Waals surface area contributed by atoms with Crippen LogP contribution in [-0.2, 0) is 30.4 Å². The molecule has 5 aromatic heterocycles. The van der Waals surface area contributed by atoms with Gasteiger partial charge in [0.15, 0.2) is 15.2 Å². The van der Waals surface area contributed by atoms with Crippen molar-refractivity contribution in [3.63, 3.8) is 0 Å². The summed E-state index contributed by atoms with van der Waals surface area (Å²) in [5.41, 5.74) is 2.42. The Bertz CT molecular complexity index is 3220. The van der Waals surface area contributed by atoms with Gasteiger partial charge in [-0.15, -0.1) is 43.1 Å². The summed E-state index contributed by atoms with van der Waals surface area (Å²) >= 11 is 4.44. The first-order chi connectivity index (χ1) is 32.7. The van der Waals surface area contributed by atoms with E-state index < -0.39 is 36.1 Å². The molecule has 0 spiro atoms. The van der Waals surface area contributed by atoms with Crippen LogP contribution < -0.4 is 29.9 Å². The van der Waals surface area contributed by atoms with Gasteiger partial charge in [0, 0.05) is 44.1 Å². The Labute approximate surface area is 415 Å². The molecule has 0 fully saturated rings. The number of thioether (sulfide) groups is 1. The lowest BCUT2D eigenvalue weighted by Gasteiger charge is -2.25. The Morgan fingerprint density at radius 1 is 0.623 bits per heavy atom. The van der Waals surface area contributed by atoms with Crippen molar-refractivity contribution in [2.45, 2.75) is 41.3 Å². The van der Waals surface area contributed by atoms with Crippen LogP contribution in [0.25, 0.3) is 20.4 Å². The highest BCUT2D eigenvalue weighted by Crippen LogP contribution is 2.45. The summed E-state index contributed by atoms with van der Waals surface area (Å²) < 4.78 is 119. The fraction of sp³-hybridized carbons (Fsp3) is 0.324. The summed E-state index contributed by atoms with van der Waals surface area (Å²) in [6.07, 6.45) is 0. The number of methoxy groups -OCH3 is 2. The molecule has 0 bridgehead atoms. The first kappa shape index (κ1) is 51.6. The number of hydrogen-bond donors (Lipinski definition) is 5. The molecule has 32 heteroatoms. The number of rotatable bonds is 22. The average molecular weight is 1100 g/mol. The maximum atomic E-state index is 11.9. The van der Waals surface area contributed by atoms with Gasteiger partial charge in [-0.25, -0.2) is 0 Å². The second-order valence-corrected chi connectivity index (χ2v) is 23.5. The Balaban J connectivity index is 1.34. The molecule has 7 rings (SSSR count). The normalized spacial score (nSPS) is 12.5. The van der Waals surface area contributed by atoms with Crippen molar-refractivity contribution >= 4 is 164 Å². The largest absolute Gasteiger partial charge is 0.494 e. The van der Waals surface area contributed by atoms with E-state index in [0.717, 1.165) is 57.5 Å². The van der Waals surface area contributed by atoms with E-state index in [1.165, 1.54) is 26.4 Å². The molecular weight excluding hydrogens is 1060 g/mol. The topological polar surface area (TPSA) is 326 Å². The molecule has 0 atom stereocenters. The van der Waals surface area contributed by atoms with E-state index in [4.69, 9.17) is 14.5 Å². The number of anilines is 6. The van der Waals surface area contributed by atoms with Crippen LogP contribution in [0.3, 0.4) is 0 Å². The van der Waals surface area contributed by atoms with Crippen molar-refractivity contribution in [2.24, 2.45) is 20.5 Å². The summed E-state index contributed by atoms with van der Waals surface area (Å²) in [7, 11) is -10.3. The highest BCUT2D eigenvalue weighted by Gasteiger charge is 2.23. The number of aromatic nitrogens is 5. The second-order valence-electron chi connectivity index (χ2n) is 14.0. The first-order valence-electron chi connectivity index (χ1n) is 20.1. The van der Waals surface area contributed by atoms with E-state index in [2.05, 4.69) is 49.8 Å². The van der Waals surface area contributed by atoms with Crippen molar-refractivity contribution in [1.82, 2.24) is 23.7 Å². The Morgan fingerprint density at radius 3 is 1.41 bits per heavy atom. The van der Waals surface area contributed by atoms with Crippen LogP contribution in [0.5, 0.6) is 11.5 Å². The molecule has 0 aliphatic rings. The molecular formula is C37H41N13O11S8. The minimum absolute atomic E-state index is 0.0401. The lowest BCUT2D eigenvalue weighted by molar-refractivity contribution is 0.414. The van der Waals surface area contributed by atoms with Crippen molar-refractivity contribution in [2.75, 3.05) is 72.3 Å². The summed E-state index contributed by atoms with van der Waals surface area (Å²) in [5, 5.41) is 25.5. The quantitative estimate of drug-likeness (QED) is 0.0239. The third-order valence-electron chi connectivity index (χ3n) is 9.76. The van der Waals surface area contributed by atoms with Gasteiger partial charge in [-0.2, -0.15) is 49.0 Å². The smallest absolute Gasteiger partial charge is 0.304 e. The Kier molecular flexibility index (Phi) is 16.0. The fourth-order valence-electron chi connectivity index (χ4n) is 6.47. The van der Waals surface area contributed by atoms with Gasteiger partial charge < -0.3 is 29.9 Å². The maximum Gasteiger partial charge on any atom is 0.304 e. The SMILES string of the molecule is CCN(CC)c1cc(Nc2nc(Nc3cc(N(CC)CC)c(OC)cc3N=Nc3snc4sc(S(=O)(=O)O)cc34)nc(SCCS(=O)(=O)O)n2)c(N=Nc2snc3sc(S(=O)(=O)O)cc23)cc1OC. The number of nitrogens with zero attached hydrogens (tertiary/aromatic N) is 11. The van der Waals surface area contributed by atoms with E-state index in [0.29, 0.717) is 80.9 Å². The lowest BCUT2D eigenvalue weighted by atomic mass is 10.2. The van der Waals surface area contributed by atoms with Gasteiger partial charge in [-0.1, -0.05) is 11.8 Å². The molecule has 0 amide bonds. The van der Waals surface area contributed by atoms with Crippen molar-refractivity contribution in [1.29, 1.82) is 0 Å². The number of azo groups is 2. The van der Waals surface area contributed by atoms with E-state index in [1.807, 2.05) is 37.5 Å². The predicted octanol–water partition coefficient (Wildman–Crippen LogP) is 9.71. The zero-order valence-corrected chi connectivity index (χ0v) is 43.5. The van der Waals surface area contributed by atoms with E-state index in [-0.39, 0.29) is 52.6 Å². The summed E-state index contributed by atoms with van der Waals surface area (Å²) in [6, 6.07) is 9.32. The highest BCUT2D eigenvalue weighted by atomic mass is 32.3. The fourth-order valence-corrected chi connectivity index (χ4v) is 13.1. The van der Waals surface area contributed by atoms with Gasteiger partial charge in [0.25, 0.3) is 10.1 Å². The standard InChI is InChI=1S/C37H41N13O11S8/c1-7-49(8-2)25-15-21(23(17-27(25)60-5)43-45-31-19-13-29(68(54,55)56)63-33(19)47-65-31)38-35-40-36(42-37(41-35)62-11-12-67(51,52)53)39-22-16-26(50(9-3)10-4)28(61-6)18-24(22)44-46-32-20-14-30(69(57,58)59)64-34(20)48-66-32/h13-18H,7-12H2,1-6H3,(H,51,52,53)(H,54,55,56)(H,57,58,59)(H2,38,39,40,41,42). The van der Waals surface area contributed by atoms with Crippen LogP contribution in [0.2, 0.25) is 0 Å². The minimum Gasteiger partial charge on any atom is -0.494 e. The monoisotopic (exact) mass is 1100 g/mol. The summed E-state index contributed by atoms with van der Waals surface area (Å²) in [4.78, 5) is 18.6. The third-order valence-corrected chi connectivity index (χ3v) is 18.0. The van der Waals surface area contributed by atoms with Crippen LogP contribution in [-0.4, -0.2) is 115 Å². The molecule has 0 aliphatic carbocycles. The molecule has 69 heavy (non-hydrogen) atoms. The van der Waals surface area contributed by atoms with Gasteiger partial charge in [0.1, 0.15) is 41.0 Å². The number of fused-ring (bicyclic) bond motifs is 2. The summed E-state index contributed by atoms with van der Waals surface area (Å²) in [5.74, 6) is 0.0365. The maximum absolute atomic E-state index is 11.9. The Morgan fingerprint density at radius 2 is 1.04 bits per heavy atom. The molecule has 0 unspecified atom stereocenters. The van der Waals surface area contributed by atoms with Crippen molar-refractivity contribution in [3.05, 3.63) is 36.4 Å². The molecule has 0 aliphatic heterocycles. The number of thiophene rings is 2. The van der Waals surface area contributed by atoms with E-state index in [1.54, 1.807) is 24.3 Å². The van der Waals surface area contributed by atoms with Gasteiger partial charge >= 0.3 is 20.2 Å². The average Bonchev–Trinajstić information content (AvgIpc) is 4.09. The molecule has 7 aromatic rings. The van der Waals surface area contributed by atoms with Crippen molar-refractivity contribution in [3.8, 4) is 11.5 Å². The highest BCUT2D eigenvalue weighted by molar-refractivity contribution is 8.00. The number of nitrogens with one attached hydrogen (secondary N) is 2. The molecule has 5 N–H and O–H groups in total. The first-order valence-corrected chi connectivity index (χ1v) is 28.8. The lowest BCUT2D eigenvalue weighted by Crippen LogP contribution is -2.22. The zero-order chi connectivity index (χ0) is 49.8. The van der Waals surface area contributed by atoms with Gasteiger partial charge in [-0.05, 0) is 75.0 Å². The number of hydrogen-bond acceptors (Lipinski definition) is 26. The number of benzene rings is 2. The Hall–Kier alpha value is -5.29. The second kappa shape index (κ2) is 21.4. The van der Waals surface area contributed by atoms with Crippen LogP contribution in [0, 0.1) is 0 Å².